The minimum absolute atomic E-state index is 0. The summed E-state index contributed by atoms with van der Waals surface area (Å²) in [5.41, 5.74) is 5.68. The van der Waals surface area contributed by atoms with Crippen molar-refractivity contribution in [1.82, 2.24) is 10.2 Å². The van der Waals surface area contributed by atoms with Crippen molar-refractivity contribution in [3.05, 3.63) is 29.3 Å². The van der Waals surface area contributed by atoms with Crippen LogP contribution in [0.4, 0.5) is 5.69 Å². The van der Waals surface area contributed by atoms with Crippen molar-refractivity contribution in [3.8, 4) is 0 Å². The van der Waals surface area contributed by atoms with Gasteiger partial charge in [0.1, 0.15) is 6.04 Å². The molecule has 0 aromatic heterocycles. The normalized spacial score (nSPS) is 19.0. The van der Waals surface area contributed by atoms with Crippen LogP contribution >= 0.6 is 12.4 Å². The molecule has 0 aliphatic carbocycles. The first-order valence-corrected chi connectivity index (χ1v) is 7.78. The van der Waals surface area contributed by atoms with Gasteiger partial charge in [-0.25, -0.2) is 0 Å². The number of amides is 5. The molecule has 1 saturated heterocycles. The molecule has 1 unspecified atom stereocenters. The third kappa shape index (κ3) is 3.31. The highest BCUT2D eigenvalue weighted by atomic mass is 35.5. The molecular formula is C16H17ClN4O5. The fourth-order valence-electron chi connectivity index (χ4n) is 2.96. The summed E-state index contributed by atoms with van der Waals surface area (Å²) in [5.74, 6) is -2.79. The zero-order chi connectivity index (χ0) is 18.1. The van der Waals surface area contributed by atoms with Gasteiger partial charge in [-0.3, -0.25) is 34.2 Å². The van der Waals surface area contributed by atoms with E-state index in [1.165, 1.54) is 18.2 Å². The Kier molecular flexibility index (Phi) is 5.73. The van der Waals surface area contributed by atoms with E-state index in [2.05, 4.69) is 10.6 Å². The highest BCUT2D eigenvalue weighted by molar-refractivity contribution is 6.26. The topological polar surface area (TPSA) is 139 Å². The average molecular weight is 381 g/mol. The highest BCUT2D eigenvalue weighted by Gasteiger charge is 2.45. The molecule has 26 heavy (non-hydrogen) atoms. The number of nitrogens with two attached hydrogens (primary N) is 1. The number of anilines is 1. The van der Waals surface area contributed by atoms with Crippen LogP contribution in [-0.4, -0.2) is 47.0 Å². The maximum Gasteiger partial charge on any atom is 0.264 e. The summed E-state index contributed by atoms with van der Waals surface area (Å²) in [6, 6.07) is 3.46. The number of carbonyl (C=O) groups is 5. The van der Waals surface area contributed by atoms with Gasteiger partial charge in [0.15, 0.2) is 0 Å². The number of imide groups is 2. The van der Waals surface area contributed by atoms with Crippen LogP contribution in [0.15, 0.2) is 18.2 Å². The third-order valence-corrected chi connectivity index (χ3v) is 4.11. The van der Waals surface area contributed by atoms with Crippen LogP contribution in [0, 0.1) is 0 Å². The SMILES string of the molecule is Cl.NCCC(=O)Nc1cccc2c1C(=O)N(C1CCC(=O)NC1=O)C2=O. The predicted octanol–water partition coefficient (Wildman–Crippen LogP) is -0.203. The number of fused-ring (bicyclic) bond motifs is 1. The molecule has 0 spiro atoms. The number of hydrogen-bond acceptors (Lipinski definition) is 6. The van der Waals surface area contributed by atoms with E-state index in [1.54, 1.807) is 0 Å². The van der Waals surface area contributed by atoms with Gasteiger partial charge in [-0.2, -0.15) is 0 Å². The van der Waals surface area contributed by atoms with E-state index in [0.717, 1.165) is 4.90 Å². The van der Waals surface area contributed by atoms with Crippen LogP contribution in [0.5, 0.6) is 0 Å². The minimum atomic E-state index is -1.04. The summed E-state index contributed by atoms with van der Waals surface area (Å²) in [5, 5.41) is 4.69. The Morgan fingerprint density at radius 2 is 1.96 bits per heavy atom. The van der Waals surface area contributed by atoms with Gasteiger partial charge in [-0.1, -0.05) is 6.07 Å². The predicted molar refractivity (Wildman–Crippen MR) is 92.7 cm³/mol. The molecule has 10 heteroatoms. The first-order chi connectivity index (χ1) is 11.9. The number of rotatable bonds is 4. The molecule has 4 N–H and O–H groups in total. The molecular weight excluding hydrogens is 364 g/mol. The van der Waals surface area contributed by atoms with E-state index < -0.39 is 29.7 Å². The largest absolute Gasteiger partial charge is 0.330 e. The summed E-state index contributed by atoms with van der Waals surface area (Å²) < 4.78 is 0. The molecule has 1 atom stereocenters. The van der Waals surface area contributed by atoms with E-state index >= 15 is 0 Å². The second kappa shape index (κ2) is 7.63. The zero-order valence-corrected chi connectivity index (χ0v) is 14.4. The lowest BCUT2D eigenvalue weighted by molar-refractivity contribution is -0.136. The molecule has 5 amide bonds. The summed E-state index contributed by atoms with van der Waals surface area (Å²) in [6.45, 7) is 0.149. The second-order valence-electron chi connectivity index (χ2n) is 5.76. The van der Waals surface area contributed by atoms with Gasteiger partial charge in [0, 0.05) is 19.4 Å². The van der Waals surface area contributed by atoms with Crippen molar-refractivity contribution in [2.45, 2.75) is 25.3 Å². The highest BCUT2D eigenvalue weighted by Crippen LogP contribution is 2.32. The summed E-state index contributed by atoms with van der Waals surface area (Å²) >= 11 is 0. The Hall–Kier alpha value is -2.78. The first kappa shape index (κ1) is 19.5. The van der Waals surface area contributed by atoms with Crippen LogP contribution in [0.2, 0.25) is 0 Å². The van der Waals surface area contributed by atoms with Gasteiger partial charge in [0.05, 0.1) is 16.8 Å². The van der Waals surface area contributed by atoms with E-state index in [0.29, 0.717) is 0 Å². The fraction of sp³-hybridized carbons (Fsp3) is 0.312. The second-order valence-corrected chi connectivity index (χ2v) is 5.76. The Morgan fingerprint density at radius 3 is 2.62 bits per heavy atom. The smallest absolute Gasteiger partial charge is 0.264 e. The van der Waals surface area contributed by atoms with E-state index in [1.807, 2.05) is 0 Å². The van der Waals surface area contributed by atoms with Gasteiger partial charge < -0.3 is 11.1 Å². The van der Waals surface area contributed by atoms with Crippen LogP contribution in [0.25, 0.3) is 0 Å². The van der Waals surface area contributed by atoms with Gasteiger partial charge in [-0.15, -0.1) is 12.4 Å². The average Bonchev–Trinajstić information content (AvgIpc) is 2.81. The van der Waals surface area contributed by atoms with Crippen LogP contribution < -0.4 is 16.4 Å². The van der Waals surface area contributed by atoms with Gasteiger partial charge in [-0.05, 0) is 18.6 Å². The summed E-state index contributed by atoms with van der Waals surface area (Å²) in [4.78, 5) is 61.3. The number of nitrogens with one attached hydrogen (secondary N) is 2. The molecule has 2 aliphatic rings. The molecule has 1 aromatic carbocycles. The van der Waals surface area contributed by atoms with Crippen LogP contribution in [-0.2, 0) is 14.4 Å². The Balaban J connectivity index is 0.00000243. The van der Waals surface area contributed by atoms with Crippen LogP contribution in [0.3, 0.4) is 0 Å². The third-order valence-electron chi connectivity index (χ3n) is 4.11. The molecule has 2 aliphatic heterocycles. The van der Waals surface area contributed by atoms with E-state index in [9.17, 15) is 24.0 Å². The molecule has 2 heterocycles. The Labute approximate surface area is 154 Å². The van der Waals surface area contributed by atoms with E-state index in [4.69, 9.17) is 5.73 Å². The van der Waals surface area contributed by atoms with Crippen molar-refractivity contribution < 1.29 is 24.0 Å². The van der Waals surface area contributed by atoms with Crippen LogP contribution in [0.1, 0.15) is 40.0 Å². The quantitative estimate of drug-likeness (QED) is 0.618. The lowest BCUT2D eigenvalue weighted by Crippen LogP contribution is -2.54. The number of benzene rings is 1. The van der Waals surface area contributed by atoms with Crippen molar-refractivity contribution >= 4 is 47.6 Å². The molecule has 3 rings (SSSR count). The Bertz CT molecular complexity index is 810. The van der Waals surface area contributed by atoms with Gasteiger partial charge in [0.2, 0.25) is 17.7 Å². The zero-order valence-electron chi connectivity index (χ0n) is 13.6. The first-order valence-electron chi connectivity index (χ1n) is 7.78. The molecule has 1 aromatic rings. The molecule has 138 valence electrons. The molecule has 0 radical (unpaired) electrons. The maximum atomic E-state index is 12.8. The van der Waals surface area contributed by atoms with Crippen molar-refractivity contribution in [1.29, 1.82) is 0 Å². The number of halogens is 1. The summed E-state index contributed by atoms with van der Waals surface area (Å²) in [7, 11) is 0. The number of hydrogen-bond donors (Lipinski definition) is 3. The molecule has 9 nitrogen and oxygen atoms in total. The number of carbonyl (C=O) groups excluding carboxylic acids is 5. The van der Waals surface area contributed by atoms with Gasteiger partial charge in [0.25, 0.3) is 11.8 Å². The molecule has 1 fully saturated rings. The van der Waals surface area contributed by atoms with Crippen molar-refractivity contribution in [3.63, 3.8) is 0 Å². The Morgan fingerprint density at radius 1 is 1.23 bits per heavy atom. The van der Waals surface area contributed by atoms with Crippen molar-refractivity contribution in [2.75, 3.05) is 11.9 Å². The monoisotopic (exact) mass is 380 g/mol. The number of nitrogens with zero attached hydrogens (tertiary/aromatic N) is 1. The maximum absolute atomic E-state index is 12.8. The molecule has 0 saturated carbocycles. The van der Waals surface area contributed by atoms with Gasteiger partial charge >= 0.3 is 0 Å². The summed E-state index contributed by atoms with van der Waals surface area (Å²) in [6.07, 6.45) is 0.192. The number of piperidine rings is 1. The molecule has 0 bridgehead atoms. The lowest BCUT2D eigenvalue weighted by atomic mass is 10.0. The fourth-order valence-corrected chi connectivity index (χ4v) is 2.96. The van der Waals surface area contributed by atoms with E-state index in [-0.39, 0.29) is 60.9 Å². The van der Waals surface area contributed by atoms with Crippen molar-refractivity contribution in [2.24, 2.45) is 5.73 Å². The lowest BCUT2D eigenvalue weighted by Gasteiger charge is -2.27. The minimum Gasteiger partial charge on any atom is -0.330 e. The standard InChI is InChI=1S/C16H16N4O5.ClH/c17-7-6-12(22)18-9-3-1-2-8-13(9)16(25)20(15(8)24)10-4-5-11(21)19-14(10)23;/h1-3,10H,4-7,17H2,(H,18,22)(H,19,21,23);1H.